The van der Waals surface area contributed by atoms with Crippen LogP contribution in [0.5, 0.6) is 0 Å². The standard InChI is InChI=1S/C30H38N6/c1-21-19-27(31-11-17-35-13-3-4-14-35)25-9-8-24-23(29(25)33-21)7-10-26-28(20-22(2)34-30(24)26)32-12-18-36-15-5-6-16-36/h7-10,19-20H,3-6,11-18H2,1-2H3,(H,31,33)(H,32,34). The summed E-state index contributed by atoms with van der Waals surface area (Å²) in [6.45, 7) is 13.2. The van der Waals surface area contributed by atoms with Gasteiger partial charge in [-0.2, -0.15) is 0 Å². The van der Waals surface area contributed by atoms with E-state index in [1.165, 1.54) is 84.8 Å². The molecule has 2 fully saturated rings. The summed E-state index contributed by atoms with van der Waals surface area (Å²) in [6.07, 6.45) is 5.34. The van der Waals surface area contributed by atoms with Gasteiger partial charge in [-0.15, -0.1) is 0 Å². The molecular formula is C30H38N6. The first-order chi connectivity index (χ1) is 17.7. The fourth-order valence-corrected chi connectivity index (χ4v) is 6.04. The Morgan fingerprint density at radius 2 is 1.00 bits per heavy atom. The van der Waals surface area contributed by atoms with E-state index in [9.17, 15) is 0 Å². The molecule has 188 valence electrons. The summed E-state index contributed by atoms with van der Waals surface area (Å²) in [5, 5.41) is 12.1. The van der Waals surface area contributed by atoms with Crippen molar-refractivity contribution in [2.24, 2.45) is 0 Å². The number of pyridine rings is 2. The number of fused-ring (bicyclic) bond motifs is 5. The van der Waals surface area contributed by atoms with Gasteiger partial charge < -0.3 is 20.4 Å². The second-order valence-corrected chi connectivity index (χ2v) is 10.6. The van der Waals surface area contributed by atoms with Gasteiger partial charge >= 0.3 is 0 Å². The van der Waals surface area contributed by atoms with Gasteiger partial charge in [0.1, 0.15) is 0 Å². The lowest BCUT2D eigenvalue weighted by Gasteiger charge is -2.18. The van der Waals surface area contributed by atoms with Crippen LogP contribution in [0.2, 0.25) is 0 Å². The van der Waals surface area contributed by atoms with E-state index in [0.717, 1.165) is 48.6 Å². The van der Waals surface area contributed by atoms with Crippen LogP contribution in [0.15, 0.2) is 36.4 Å². The highest BCUT2D eigenvalue weighted by atomic mass is 15.2. The van der Waals surface area contributed by atoms with Crippen LogP contribution in [0.25, 0.3) is 32.6 Å². The molecule has 6 rings (SSSR count). The number of benzene rings is 2. The molecule has 0 radical (unpaired) electrons. The molecule has 2 N–H and O–H groups in total. The lowest BCUT2D eigenvalue weighted by Crippen LogP contribution is -2.26. The number of anilines is 2. The molecule has 2 aliphatic rings. The van der Waals surface area contributed by atoms with Crippen LogP contribution in [0.3, 0.4) is 0 Å². The van der Waals surface area contributed by atoms with Crippen molar-refractivity contribution in [3.8, 4) is 0 Å². The Morgan fingerprint density at radius 3 is 1.42 bits per heavy atom. The first-order valence-electron chi connectivity index (χ1n) is 13.7. The van der Waals surface area contributed by atoms with Gasteiger partial charge in [-0.3, -0.25) is 9.97 Å². The van der Waals surface area contributed by atoms with Crippen molar-refractivity contribution in [1.29, 1.82) is 0 Å². The predicted molar refractivity (Wildman–Crippen MR) is 152 cm³/mol. The van der Waals surface area contributed by atoms with E-state index in [2.05, 4.69) is 70.7 Å². The molecule has 0 aliphatic carbocycles. The summed E-state index contributed by atoms with van der Waals surface area (Å²) >= 11 is 0. The highest BCUT2D eigenvalue weighted by Crippen LogP contribution is 2.35. The van der Waals surface area contributed by atoms with Gasteiger partial charge in [-0.05, 0) is 77.8 Å². The molecular weight excluding hydrogens is 444 g/mol. The van der Waals surface area contributed by atoms with Crippen LogP contribution in [0.4, 0.5) is 11.4 Å². The number of rotatable bonds is 8. The number of aromatic nitrogens is 2. The molecule has 6 nitrogen and oxygen atoms in total. The quantitative estimate of drug-likeness (QED) is 0.320. The van der Waals surface area contributed by atoms with Gasteiger partial charge in [0, 0.05) is 70.5 Å². The Balaban J connectivity index is 1.33. The third-order valence-corrected chi connectivity index (χ3v) is 7.89. The maximum Gasteiger partial charge on any atom is 0.0805 e. The zero-order chi connectivity index (χ0) is 24.5. The monoisotopic (exact) mass is 482 g/mol. The van der Waals surface area contributed by atoms with E-state index in [4.69, 9.17) is 9.97 Å². The van der Waals surface area contributed by atoms with Gasteiger partial charge in [0.15, 0.2) is 0 Å². The minimum Gasteiger partial charge on any atom is -0.383 e. The molecule has 2 aromatic carbocycles. The molecule has 2 aliphatic heterocycles. The molecule has 0 saturated carbocycles. The summed E-state index contributed by atoms with van der Waals surface area (Å²) in [6, 6.07) is 13.3. The third-order valence-electron chi connectivity index (χ3n) is 7.89. The van der Waals surface area contributed by atoms with E-state index in [0.29, 0.717) is 0 Å². The second kappa shape index (κ2) is 10.2. The van der Waals surface area contributed by atoms with Gasteiger partial charge in [0.05, 0.1) is 11.0 Å². The zero-order valence-electron chi connectivity index (χ0n) is 21.7. The lowest BCUT2D eigenvalue weighted by molar-refractivity contribution is 0.353. The number of nitrogens with one attached hydrogen (secondary N) is 2. The molecule has 0 bridgehead atoms. The number of likely N-dealkylation sites (tertiary alicyclic amines) is 2. The van der Waals surface area contributed by atoms with Gasteiger partial charge in [0.2, 0.25) is 0 Å². The maximum absolute atomic E-state index is 5.00. The Bertz CT molecular complexity index is 1280. The fraction of sp³-hybridized carbons (Fsp3) is 0.467. The van der Waals surface area contributed by atoms with Crippen molar-refractivity contribution in [1.82, 2.24) is 19.8 Å². The molecule has 6 heteroatoms. The molecule has 0 unspecified atom stereocenters. The van der Waals surface area contributed by atoms with Crippen LogP contribution in [-0.4, -0.2) is 72.1 Å². The van der Waals surface area contributed by atoms with Crippen LogP contribution in [0, 0.1) is 13.8 Å². The van der Waals surface area contributed by atoms with Crippen molar-refractivity contribution in [2.75, 3.05) is 63.0 Å². The molecule has 4 heterocycles. The average molecular weight is 483 g/mol. The normalized spacial score (nSPS) is 17.1. The zero-order valence-corrected chi connectivity index (χ0v) is 21.7. The molecule has 0 atom stereocenters. The number of aryl methyl sites for hydroxylation is 2. The van der Waals surface area contributed by atoms with E-state index in [1.54, 1.807) is 0 Å². The van der Waals surface area contributed by atoms with E-state index < -0.39 is 0 Å². The van der Waals surface area contributed by atoms with E-state index in [1.807, 2.05) is 0 Å². The number of hydrogen-bond acceptors (Lipinski definition) is 6. The SMILES string of the molecule is Cc1cc(NCCN2CCCC2)c2ccc3c(ccc4c(NCCN5CCCC5)cc(C)nc43)c2n1. The van der Waals surface area contributed by atoms with Crippen LogP contribution in [0.1, 0.15) is 37.1 Å². The minimum absolute atomic E-state index is 0.960. The minimum atomic E-state index is 0.960. The third kappa shape index (κ3) is 4.72. The Kier molecular flexibility index (Phi) is 6.63. The van der Waals surface area contributed by atoms with E-state index in [-0.39, 0.29) is 0 Å². The first-order valence-corrected chi connectivity index (χ1v) is 13.7. The Morgan fingerprint density at radius 1 is 0.611 bits per heavy atom. The molecule has 0 spiro atoms. The first kappa shape index (κ1) is 23.4. The summed E-state index contributed by atoms with van der Waals surface area (Å²) < 4.78 is 0. The summed E-state index contributed by atoms with van der Waals surface area (Å²) in [5.41, 5.74) is 6.57. The van der Waals surface area contributed by atoms with Crippen LogP contribution in [-0.2, 0) is 0 Å². The summed E-state index contributed by atoms with van der Waals surface area (Å²) in [4.78, 5) is 15.1. The fourth-order valence-electron chi connectivity index (χ4n) is 6.04. The smallest absolute Gasteiger partial charge is 0.0805 e. The summed E-state index contributed by atoms with van der Waals surface area (Å²) in [7, 11) is 0. The topological polar surface area (TPSA) is 56.3 Å². The van der Waals surface area contributed by atoms with Crippen LogP contribution < -0.4 is 10.6 Å². The van der Waals surface area contributed by atoms with Crippen molar-refractivity contribution < 1.29 is 0 Å². The molecule has 2 saturated heterocycles. The van der Waals surface area contributed by atoms with Gasteiger partial charge in [-0.1, -0.05) is 24.3 Å². The average Bonchev–Trinajstić information content (AvgIpc) is 3.58. The Labute approximate surface area is 214 Å². The number of hydrogen-bond donors (Lipinski definition) is 2. The van der Waals surface area contributed by atoms with Crippen molar-refractivity contribution in [3.63, 3.8) is 0 Å². The van der Waals surface area contributed by atoms with Gasteiger partial charge in [-0.25, -0.2) is 0 Å². The van der Waals surface area contributed by atoms with Crippen LogP contribution >= 0.6 is 0 Å². The maximum atomic E-state index is 5.00. The highest BCUT2D eigenvalue weighted by molar-refractivity contribution is 6.18. The molecule has 36 heavy (non-hydrogen) atoms. The molecule has 4 aromatic rings. The molecule has 2 aromatic heterocycles. The number of nitrogens with zero attached hydrogens (tertiary/aromatic N) is 4. The predicted octanol–water partition coefficient (Wildman–Crippen LogP) is 5.57. The lowest BCUT2D eigenvalue weighted by atomic mass is 10.0. The summed E-state index contributed by atoms with van der Waals surface area (Å²) in [5.74, 6) is 0. The molecule has 0 amide bonds. The van der Waals surface area contributed by atoms with Crippen molar-refractivity contribution in [3.05, 3.63) is 47.8 Å². The van der Waals surface area contributed by atoms with Crippen molar-refractivity contribution in [2.45, 2.75) is 39.5 Å². The van der Waals surface area contributed by atoms with Crippen molar-refractivity contribution >= 4 is 44.0 Å². The van der Waals surface area contributed by atoms with E-state index >= 15 is 0 Å². The largest absolute Gasteiger partial charge is 0.383 e. The second-order valence-electron chi connectivity index (χ2n) is 10.6. The Hall–Kier alpha value is -2.96. The highest BCUT2D eigenvalue weighted by Gasteiger charge is 2.15. The van der Waals surface area contributed by atoms with Gasteiger partial charge in [0.25, 0.3) is 0 Å².